The molecule has 1 unspecified atom stereocenters. The summed E-state index contributed by atoms with van der Waals surface area (Å²) in [6.07, 6.45) is 2.15. The lowest BCUT2D eigenvalue weighted by Crippen LogP contribution is -2.78. The fourth-order valence-electron chi connectivity index (χ4n) is 8.17. The SMILES string of the molecule is CC(=O)[C@]1(O)CC[C@]2(O)C3(O)CC=C4C[C@@H](O)CC[C@]4(C)[C@H]3C[C@@H](OC(=O)c3ccc(O)cc3)[C@]12C. The summed E-state index contributed by atoms with van der Waals surface area (Å²) in [7, 11) is 0. The summed E-state index contributed by atoms with van der Waals surface area (Å²) in [5, 5.41) is 56.3. The number of esters is 1. The van der Waals surface area contributed by atoms with E-state index >= 15 is 0 Å². The van der Waals surface area contributed by atoms with Crippen LogP contribution in [0.4, 0.5) is 0 Å². The number of aromatic hydroxyl groups is 1. The van der Waals surface area contributed by atoms with Gasteiger partial charge in [0.15, 0.2) is 5.78 Å². The van der Waals surface area contributed by atoms with Crippen molar-refractivity contribution in [1.29, 1.82) is 0 Å². The van der Waals surface area contributed by atoms with Gasteiger partial charge in [-0.2, -0.15) is 0 Å². The lowest BCUT2D eigenvalue weighted by atomic mass is 9.42. The van der Waals surface area contributed by atoms with E-state index in [1.54, 1.807) is 6.92 Å². The number of carbonyl (C=O) groups is 2. The van der Waals surface area contributed by atoms with Gasteiger partial charge in [-0.05, 0) is 88.5 Å². The Morgan fingerprint density at radius 3 is 2.33 bits per heavy atom. The Morgan fingerprint density at radius 1 is 1.03 bits per heavy atom. The molecule has 4 aliphatic rings. The zero-order valence-electron chi connectivity index (χ0n) is 21.0. The van der Waals surface area contributed by atoms with Gasteiger partial charge >= 0.3 is 5.97 Å². The summed E-state index contributed by atoms with van der Waals surface area (Å²) in [4.78, 5) is 26.1. The average molecular weight is 501 g/mol. The van der Waals surface area contributed by atoms with E-state index in [4.69, 9.17) is 4.74 Å². The topological polar surface area (TPSA) is 145 Å². The molecule has 0 radical (unpaired) electrons. The van der Waals surface area contributed by atoms with Crippen molar-refractivity contribution in [2.45, 2.75) is 94.7 Å². The minimum absolute atomic E-state index is 0.00806. The molecule has 0 spiro atoms. The number of aliphatic hydroxyl groups is 4. The highest BCUT2D eigenvalue weighted by Crippen LogP contribution is 2.70. The molecular formula is C28H36O8. The van der Waals surface area contributed by atoms with Gasteiger partial charge in [-0.15, -0.1) is 0 Å². The number of hydrogen-bond donors (Lipinski definition) is 5. The van der Waals surface area contributed by atoms with Crippen molar-refractivity contribution in [1.82, 2.24) is 0 Å². The highest BCUT2D eigenvalue weighted by Gasteiger charge is 2.81. The van der Waals surface area contributed by atoms with Crippen LogP contribution in [0.1, 0.15) is 76.1 Å². The zero-order valence-corrected chi connectivity index (χ0v) is 21.0. The normalized spacial score (nSPS) is 45.6. The molecule has 36 heavy (non-hydrogen) atoms. The number of ketones is 1. The van der Waals surface area contributed by atoms with Crippen molar-refractivity contribution < 1.29 is 39.9 Å². The quantitative estimate of drug-likeness (QED) is 0.314. The molecular weight excluding hydrogens is 464 g/mol. The van der Waals surface area contributed by atoms with Crippen molar-refractivity contribution in [2.75, 3.05) is 0 Å². The first kappa shape index (κ1) is 25.4. The third kappa shape index (κ3) is 3.01. The number of fused-ring (bicyclic) bond motifs is 5. The summed E-state index contributed by atoms with van der Waals surface area (Å²) in [5.41, 5.74) is -6.60. The lowest BCUT2D eigenvalue weighted by Gasteiger charge is -2.67. The van der Waals surface area contributed by atoms with Gasteiger partial charge in [-0.25, -0.2) is 4.79 Å². The van der Waals surface area contributed by atoms with E-state index in [-0.39, 0.29) is 37.0 Å². The summed E-state index contributed by atoms with van der Waals surface area (Å²) in [5.74, 6) is -1.79. The molecule has 0 aromatic heterocycles. The summed E-state index contributed by atoms with van der Waals surface area (Å²) < 4.78 is 6.01. The van der Waals surface area contributed by atoms with E-state index in [0.29, 0.717) is 19.3 Å². The van der Waals surface area contributed by atoms with Crippen molar-refractivity contribution >= 4 is 11.8 Å². The van der Waals surface area contributed by atoms with E-state index in [9.17, 15) is 35.1 Å². The number of benzene rings is 1. The number of aliphatic hydroxyl groups excluding tert-OH is 1. The predicted octanol–water partition coefficient (Wildman–Crippen LogP) is 2.40. The van der Waals surface area contributed by atoms with Crippen molar-refractivity contribution in [3.8, 4) is 5.75 Å². The molecule has 1 aromatic carbocycles. The Hall–Kier alpha value is -2.26. The maximum atomic E-state index is 13.2. The fourth-order valence-corrected chi connectivity index (χ4v) is 8.17. The van der Waals surface area contributed by atoms with Crippen LogP contribution in [-0.4, -0.2) is 66.3 Å². The van der Waals surface area contributed by atoms with Crippen LogP contribution in [0.15, 0.2) is 35.9 Å². The number of phenols is 1. The van der Waals surface area contributed by atoms with Crippen LogP contribution in [0.25, 0.3) is 0 Å². The van der Waals surface area contributed by atoms with Gasteiger partial charge < -0.3 is 30.3 Å². The van der Waals surface area contributed by atoms with Crippen LogP contribution in [0.2, 0.25) is 0 Å². The number of rotatable bonds is 3. The molecule has 0 bridgehead atoms. The van der Waals surface area contributed by atoms with Crippen LogP contribution in [0.5, 0.6) is 5.75 Å². The Kier molecular flexibility index (Phi) is 5.55. The van der Waals surface area contributed by atoms with Crippen molar-refractivity contribution in [3.05, 3.63) is 41.5 Å². The van der Waals surface area contributed by atoms with E-state index in [1.165, 1.54) is 31.2 Å². The summed E-state index contributed by atoms with van der Waals surface area (Å²) >= 11 is 0. The third-order valence-corrected chi connectivity index (χ3v) is 10.5. The molecule has 0 heterocycles. The average Bonchev–Trinajstić information content (AvgIpc) is 3.06. The zero-order chi connectivity index (χ0) is 26.3. The molecule has 0 saturated heterocycles. The minimum atomic E-state index is -2.00. The molecule has 8 atom stereocenters. The lowest BCUT2D eigenvalue weighted by molar-refractivity contribution is -0.312. The second-order valence-electron chi connectivity index (χ2n) is 11.9. The molecule has 0 amide bonds. The molecule has 5 rings (SSSR count). The first-order chi connectivity index (χ1) is 16.7. The van der Waals surface area contributed by atoms with Gasteiger partial charge in [0.2, 0.25) is 0 Å². The monoisotopic (exact) mass is 500 g/mol. The van der Waals surface area contributed by atoms with Gasteiger partial charge in [0.25, 0.3) is 0 Å². The molecule has 1 aromatic rings. The maximum Gasteiger partial charge on any atom is 0.338 e. The number of hydrogen-bond acceptors (Lipinski definition) is 8. The van der Waals surface area contributed by atoms with Crippen molar-refractivity contribution in [3.63, 3.8) is 0 Å². The summed E-state index contributed by atoms with van der Waals surface area (Å²) in [6.45, 7) is 4.84. The largest absolute Gasteiger partial charge is 0.508 e. The third-order valence-electron chi connectivity index (χ3n) is 10.5. The Labute approximate surface area is 210 Å². The highest BCUT2D eigenvalue weighted by molar-refractivity contribution is 5.90. The van der Waals surface area contributed by atoms with Crippen LogP contribution in [-0.2, 0) is 9.53 Å². The van der Waals surface area contributed by atoms with E-state index in [2.05, 4.69) is 0 Å². The minimum Gasteiger partial charge on any atom is -0.508 e. The molecule has 3 fully saturated rings. The Balaban J connectivity index is 1.64. The van der Waals surface area contributed by atoms with Crippen LogP contribution in [0.3, 0.4) is 0 Å². The van der Waals surface area contributed by atoms with Gasteiger partial charge in [0.05, 0.1) is 17.1 Å². The van der Waals surface area contributed by atoms with E-state index in [0.717, 1.165) is 5.57 Å². The molecule has 3 saturated carbocycles. The number of carbonyl (C=O) groups excluding carboxylic acids is 2. The van der Waals surface area contributed by atoms with Gasteiger partial charge in [-0.1, -0.05) is 18.6 Å². The molecule has 0 aliphatic heterocycles. The molecule has 5 N–H and O–H groups in total. The van der Waals surface area contributed by atoms with Crippen molar-refractivity contribution in [2.24, 2.45) is 16.7 Å². The summed E-state index contributed by atoms with van der Waals surface area (Å²) in [6, 6.07) is 5.57. The molecule has 8 nitrogen and oxygen atoms in total. The first-order valence-corrected chi connectivity index (χ1v) is 12.8. The number of Topliss-reactive ketones (excluding diaryl/α,β-unsaturated/α-hetero) is 1. The van der Waals surface area contributed by atoms with Crippen LogP contribution >= 0.6 is 0 Å². The highest BCUT2D eigenvalue weighted by atomic mass is 16.5. The Morgan fingerprint density at radius 2 is 1.69 bits per heavy atom. The van der Waals surface area contributed by atoms with Gasteiger partial charge in [-0.3, -0.25) is 4.79 Å². The smallest absolute Gasteiger partial charge is 0.338 e. The van der Waals surface area contributed by atoms with Gasteiger partial charge in [0, 0.05) is 5.92 Å². The second-order valence-corrected chi connectivity index (χ2v) is 11.9. The predicted molar refractivity (Wildman–Crippen MR) is 129 cm³/mol. The molecule has 8 heteroatoms. The number of ether oxygens (including phenoxy) is 1. The molecule has 196 valence electrons. The van der Waals surface area contributed by atoms with E-state index in [1.807, 2.05) is 13.0 Å². The Bertz CT molecular complexity index is 1130. The molecule has 4 aliphatic carbocycles. The standard InChI is InChI=1S/C28H36O8/c1-16(29)26(33)12-13-28(35)25(26,3)22(36-23(32)17-4-6-19(30)7-5-17)15-21-24(2)10-9-20(31)14-18(24)8-11-27(21,28)34/h4-8,20-22,30-31,33-35H,9-15H2,1-3H3/t20-,21+,22+,24-,25+,26+,27?,28+/m0/s1. The van der Waals surface area contributed by atoms with Crippen LogP contribution < -0.4 is 0 Å². The van der Waals surface area contributed by atoms with Gasteiger partial charge in [0.1, 0.15) is 28.7 Å². The first-order valence-electron chi connectivity index (χ1n) is 12.8. The second kappa shape index (κ2) is 7.87. The van der Waals surface area contributed by atoms with E-state index < -0.39 is 57.5 Å². The van der Waals surface area contributed by atoms with Crippen LogP contribution in [0, 0.1) is 16.7 Å². The maximum absolute atomic E-state index is 13.2. The fraction of sp³-hybridized carbons (Fsp3) is 0.643. The number of phenolic OH excluding ortho intramolecular Hbond substituents is 1.